The van der Waals surface area contributed by atoms with E-state index in [0.29, 0.717) is 22.3 Å². The lowest BCUT2D eigenvalue weighted by molar-refractivity contribution is 0.0602. The number of ether oxygens (including phenoxy) is 2. The lowest BCUT2D eigenvalue weighted by Crippen LogP contribution is -2.48. The molecule has 29 heavy (non-hydrogen) atoms. The lowest BCUT2D eigenvalue weighted by atomic mass is 10.2. The molecule has 8 nitrogen and oxygen atoms in total. The highest BCUT2D eigenvalue weighted by Gasteiger charge is 2.36. The number of hydrogen-bond donors (Lipinski definition) is 0. The van der Waals surface area contributed by atoms with E-state index < -0.39 is 28.0 Å². The maximum atomic E-state index is 13.3. The van der Waals surface area contributed by atoms with E-state index in [1.165, 1.54) is 17.9 Å². The number of aromatic nitrogens is 1. The Kier molecular flexibility index (Phi) is 4.54. The van der Waals surface area contributed by atoms with E-state index >= 15 is 0 Å². The Morgan fingerprint density at radius 3 is 2.52 bits per heavy atom. The molecule has 0 aliphatic carbocycles. The molecule has 0 fully saturated rings. The fourth-order valence-electron chi connectivity index (χ4n) is 3.43. The van der Waals surface area contributed by atoms with Gasteiger partial charge in [-0.25, -0.2) is 13.2 Å². The number of anilines is 1. The van der Waals surface area contributed by atoms with Crippen molar-refractivity contribution in [2.24, 2.45) is 0 Å². The number of fused-ring (bicyclic) bond motifs is 2. The van der Waals surface area contributed by atoms with Gasteiger partial charge in [0.2, 0.25) is 10.0 Å². The van der Waals surface area contributed by atoms with E-state index in [2.05, 4.69) is 0 Å². The zero-order valence-electron chi connectivity index (χ0n) is 15.7. The predicted molar refractivity (Wildman–Crippen MR) is 107 cm³/mol. The van der Waals surface area contributed by atoms with Gasteiger partial charge in [-0.15, -0.1) is 0 Å². The number of nitrogens with zero attached hydrogens (tertiary/aromatic N) is 2. The standard InChI is InChI=1S/C20H18N2O6S/c1-27-20(24)14-11-21(15-8-4-3-7-13(14)15)19(23)18-12-22(29(2,25)26)16-9-5-6-10-17(16)28-18/h3-11,18H,12H2,1-2H3/t18-/m0/s1. The second-order valence-electron chi connectivity index (χ2n) is 6.63. The number of hydrogen-bond acceptors (Lipinski definition) is 6. The second kappa shape index (κ2) is 6.93. The highest BCUT2D eigenvalue weighted by atomic mass is 32.2. The monoisotopic (exact) mass is 414 g/mol. The van der Waals surface area contributed by atoms with Crippen LogP contribution < -0.4 is 9.04 Å². The molecule has 150 valence electrons. The Bertz CT molecular complexity index is 1230. The van der Waals surface area contributed by atoms with E-state index in [4.69, 9.17) is 9.47 Å². The van der Waals surface area contributed by atoms with Crippen LogP contribution in [0, 0.1) is 0 Å². The number of benzene rings is 2. The second-order valence-corrected chi connectivity index (χ2v) is 8.53. The molecule has 0 unspecified atom stereocenters. The molecule has 0 amide bonds. The molecule has 0 N–H and O–H groups in total. The van der Waals surface area contributed by atoms with Gasteiger partial charge >= 0.3 is 5.97 Å². The molecule has 2 heterocycles. The van der Waals surface area contributed by atoms with Crippen LogP contribution in [-0.4, -0.2) is 50.9 Å². The van der Waals surface area contributed by atoms with Crippen LogP contribution in [0.4, 0.5) is 5.69 Å². The van der Waals surface area contributed by atoms with Crippen molar-refractivity contribution in [3.8, 4) is 5.75 Å². The van der Waals surface area contributed by atoms with Crippen LogP contribution in [-0.2, 0) is 14.8 Å². The summed E-state index contributed by atoms with van der Waals surface area (Å²) in [7, 11) is -2.36. The van der Waals surface area contributed by atoms with E-state index in [9.17, 15) is 18.0 Å². The molecule has 1 aliphatic heterocycles. The van der Waals surface area contributed by atoms with Crippen molar-refractivity contribution in [3.05, 3.63) is 60.3 Å². The average Bonchev–Trinajstić information content (AvgIpc) is 3.11. The summed E-state index contributed by atoms with van der Waals surface area (Å²) in [4.78, 5) is 25.4. The van der Waals surface area contributed by atoms with Crippen molar-refractivity contribution in [2.45, 2.75) is 6.10 Å². The van der Waals surface area contributed by atoms with Crippen molar-refractivity contribution in [1.82, 2.24) is 4.57 Å². The highest BCUT2D eigenvalue weighted by molar-refractivity contribution is 7.92. The molecule has 9 heteroatoms. The normalized spacial score (nSPS) is 16.2. The molecule has 1 atom stereocenters. The molecule has 1 aromatic heterocycles. The van der Waals surface area contributed by atoms with Crippen molar-refractivity contribution in [1.29, 1.82) is 0 Å². The molecule has 3 aromatic rings. The summed E-state index contributed by atoms with van der Waals surface area (Å²) in [6.07, 6.45) is 1.39. The van der Waals surface area contributed by atoms with Gasteiger partial charge in [-0.05, 0) is 18.2 Å². The quantitative estimate of drug-likeness (QED) is 0.611. The molecule has 2 aromatic carbocycles. The fraction of sp³-hybridized carbons (Fsp3) is 0.200. The Balaban J connectivity index is 1.79. The molecule has 0 spiro atoms. The van der Waals surface area contributed by atoms with Gasteiger partial charge in [-0.3, -0.25) is 13.7 Å². The summed E-state index contributed by atoms with van der Waals surface area (Å²) < 4.78 is 37.7. The van der Waals surface area contributed by atoms with Crippen LogP contribution in [0.15, 0.2) is 54.7 Å². The summed E-state index contributed by atoms with van der Waals surface area (Å²) in [6, 6.07) is 13.5. The maximum absolute atomic E-state index is 13.3. The van der Waals surface area contributed by atoms with E-state index in [1.54, 1.807) is 48.5 Å². The zero-order valence-corrected chi connectivity index (χ0v) is 16.5. The largest absolute Gasteiger partial charge is 0.476 e. The van der Waals surface area contributed by atoms with Crippen molar-refractivity contribution < 1.29 is 27.5 Å². The van der Waals surface area contributed by atoms with E-state index in [-0.39, 0.29) is 12.1 Å². The van der Waals surface area contributed by atoms with Gasteiger partial charge in [0.25, 0.3) is 5.91 Å². The van der Waals surface area contributed by atoms with Gasteiger partial charge in [-0.1, -0.05) is 30.3 Å². The Hall–Kier alpha value is -3.33. The molecular formula is C20H18N2O6S. The minimum Gasteiger partial charge on any atom is -0.476 e. The number of carbonyl (C=O) groups is 2. The number of rotatable bonds is 3. The van der Waals surface area contributed by atoms with Crippen LogP contribution in [0.3, 0.4) is 0 Å². The van der Waals surface area contributed by atoms with Crippen molar-refractivity contribution in [3.63, 3.8) is 0 Å². The molecule has 0 saturated heterocycles. The van der Waals surface area contributed by atoms with E-state index in [1.807, 2.05) is 0 Å². The first kappa shape index (κ1) is 19.0. The first-order chi connectivity index (χ1) is 13.8. The molecule has 0 saturated carbocycles. The number of methoxy groups -OCH3 is 1. The Labute approximate surface area is 167 Å². The summed E-state index contributed by atoms with van der Waals surface area (Å²) in [5, 5.41) is 0.559. The van der Waals surface area contributed by atoms with Gasteiger partial charge in [-0.2, -0.15) is 0 Å². The number of esters is 1. The summed E-state index contributed by atoms with van der Waals surface area (Å²) in [6.45, 7) is -0.172. The number of sulfonamides is 1. The first-order valence-electron chi connectivity index (χ1n) is 8.77. The number of para-hydroxylation sites is 3. The highest BCUT2D eigenvalue weighted by Crippen LogP contribution is 2.35. The minimum atomic E-state index is -3.62. The molecule has 0 bridgehead atoms. The van der Waals surface area contributed by atoms with Gasteiger partial charge in [0.05, 0.1) is 36.7 Å². The van der Waals surface area contributed by atoms with E-state index in [0.717, 1.165) is 10.6 Å². The lowest BCUT2D eigenvalue weighted by Gasteiger charge is -2.33. The van der Waals surface area contributed by atoms with Gasteiger partial charge in [0.15, 0.2) is 6.10 Å². The summed E-state index contributed by atoms with van der Waals surface area (Å²) in [5.74, 6) is -0.757. The predicted octanol–water partition coefficient (Wildman–Crippen LogP) is 2.30. The summed E-state index contributed by atoms with van der Waals surface area (Å²) in [5.41, 5.74) is 1.13. The molecule has 4 rings (SSSR count). The number of carbonyl (C=O) groups excluding carboxylic acids is 2. The topological polar surface area (TPSA) is 94.9 Å². The molecular weight excluding hydrogens is 396 g/mol. The third-order valence-electron chi connectivity index (χ3n) is 4.77. The molecule has 0 radical (unpaired) electrons. The zero-order chi connectivity index (χ0) is 20.8. The summed E-state index contributed by atoms with van der Waals surface area (Å²) >= 11 is 0. The van der Waals surface area contributed by atoms with Crippen molar-refractivity contribution in [2.75, 3.05) is 24.2 Å². The van der Waals surface area contributed by atoms with Gasteiger partial charge in [0.1, 0.15) is 5.75 Å². The fourth-order valence-corrected chi connectivity index (χ4v) is 4.35. The van der Waals surface area contributed by atoms with Gasteiger partial charge < -0.3 is 9.47 Å². The molecule has 1 aliphatic rings. The van der Waals surface area contributed by atoms with Gasteiger partial charge in [0, 0.05) is 11.6 Å². The van der Waals surface area contributed by atoms with Crippen LogP contribution in [0.1, 0.15) is 15.2 Å². The third-order valence-corrected chi connectivity index (χ3v) is 5.91. The third kappa shape index (κ3) is 3.23. The van der Waals surface area contributed by atoms with Crippen LogP contribution in [0.2, 0.25) is 0 Å². The maximum Gasteiger partial charge on any atom is 0.340 e. The Morgan fingerprint density at radius 2 is 1.79 bits per heavy atom. The van der Waals surface area contributed by atoms with Crippen LogP contribution >= 0.6 is 0 Å². The average molecular weight is 414 g/mol. The van der Waals surface area contributed by atoms with Crippen LogP contribution in [0.5, 0.6) is 5.75 Å². The Morgan fingerprint density at radius 1 is 1.10 bits per heavy atom. The minimum absolute atomic E-state index is 0.172. The SMILES string of the molecule is COC(=O)c1cn(C(=O)[C@@H]2CN(S(C)(=O)=O)c3ccccc3O2)c2ccccc12. The van der Waals surface area contributed by atoms with Crippen LogP contribution in [0.25, 0.3) is 10.9 Å². The van der Waals surface area contributed by atoms with Crippen molar-refractivity contribution >= 4 is 38.5 Å². The first-order valence-corrected chi connectivity index (χ1v) is 10.6. The smallest absolute Gasteiger partial charge is 0.340 e.